The SMILES string of the molecule is Cc1ccccc1OCC(=O)N/N=C1/CCOc2ccccc21. The second-order valence-electron chi connectivity index (χ2n) is 5.24. The molecule has 1 aliphatic heterocycles. The van der Waals surface area contributed by atoms with Crippen molar-refractivity contribution in [3.8, 4) is 11.5 Å². The summed E-state index contributed by atoms with van der Waals surface area (Å²) >= 11 is 0. The number of nitrogens with zero attached hydrogens (tertiary/aromatic N) is 1. The fraction of sp³-hybridized carbons (Fsp3) is 0.222. The summed E-state index contributed by atoms with van der Waals surface area (Å²) in [5.74, 6) is 1.21. The number of rotatable bonds is 4. The highest BCUT2D eigenvalue weighted by molar-refractivity contribution is 6.04. The van der Waals surface area contributed by atoms with Gasteiger partial charge in [0, 0.05) is 12.0 Å². The third kappa shape index (κ3) is 3.69. The van der Waals surface area contributed by atoms with Gasteiger partial charge >= 0.3 is 0 Å². The Morgan fingerprint density at radius 2 is 2.00 bits per heavy atom. The largest absolute Gasteiger partial charge is 0.492 e. The summed E-state index contributed by atoms with van der Waals surface area (Å²) in [7, 11) is 0. The maximum absolute atomic E-state index is 11.9. The molecular weight excluding hydrogens is 292 g/mol. The van der Waals surface area contributed by atoms with Gasteiger partial charge in [-0.3, -0.25) is 4.79 Å². The Balaban J connectivity index is 1.60. The topological polar surface area (TPSA) is 59.9 Å². The molecule has 1 amide bonds. The summed E-state index contributed by atoms with van der Waals surface area (Å²) in [5.41, 5.74) is 5.27. The highest BCUT2D eigenvalue weighted by Crippen LogP contribution is 2.24. The number of amides is 1. The van der Waals surface area contributed by atoms with Crippen LogP contribution in [0.5, 0.6) is 11.5 Å². The highest BCUT2D eigenvalue weighted by atomic mass is 16.5. The molecule has 0 spiro atoms. The van der Waals surface area contributed by atoms with Crippen LogP contribution in [0.25, 0.3) is 0 Å². The molecule has 0 radical (unpaired) electrons. The molecule has 1 aliphatic rings. The van der Waals surface area contributed by atoms with Crippen LogP contribution in [0.4, 0.5) is 0 Å². The molecule has 2 aromatic rings. The number of carbonyl (C=O) groups excluding carboxylic acids is 1. The number of para-hydroxylation sites is 2. The van der Waals surface area contributed by atoms with Gasteiger partial charge in [0.25, 0.3) is 5.91 Å². The van der Waals surface area contributed by atoms with Gasteiger partial charge in [-0.25, -0.2) is 5.43 Å². The van der Waals surface area contributed by atoms with Gasteiger partial charge in [-0.1, -0.05) is 30.3 Å². The Kier molecular flexibility index (Phi) is 4.57. The third-order valence-corrected chi connectivity index (χ3v) is 3.56. The first kappa shape index (κ1) is 15.1. The van der Waals surface area contributed by atoms with Crippen molar-refractivity contribution in [2.45, 2.75) is 13.3 Å². The molecule has 0 saturated carbocycles. The van der Waals surface area contributed by atoms with Gasteiger partial charge in [0.2, 0.25) is 0 Å². The van der Waals surface area contributed by atoms with Crippen molar-refractivity contribution in [2.75, 3.05) is 13.2 Å². The first-order chi connectivity index (χ1) is 11.2. The zero-order valence-electron chi connectivity index (χ0n) is 12.9. The normalized spacial score (nSPS) is 14.7. The minimum atomic E-state index is -0.287. The van der Waals surface area contributed by atoms with E-state index in [0.717, 1.165) is 22.6 Å². The van der Waals surface area contributed by atoms with Crippen molar-refractivity contribution in [3.63, 3.8) is 0 Å². The Morgan fingerprint density at radius 3 is 2.87 bits per heavy atom. The Labute approximate surface area is 134 Å². The minimum Gasteiger partial charge on any atom is -0.492 e. The summed E-state index contributed by atoms with van der Waals surface area (Å²) in [6, 6.07) is 15.2. The van der Waals surface area contributed by atoms with Crippen LogP contribution in [0.15, 0.2) is 53.6 Å². The number of ether oxygens (including phenoxy) is 2. The van der Waals surface area contributed by atoms with Crippen molar-refractivity contribution in [1.82, 2.24) is 5.43 Å². The number of fused-ring (bicyclic) bond motifs is 1. The van der Waals surface area contributed by atoms with Crippen molar-refractivity contribution in [3.05, 3.63) is 59.7 Å². The van der Waals surface area contributed by atoms with Gasteiger partial charge in [0.15, 0.2) is 6.61 Å². The van der Waals surface area contributed by atoms with E-state index in [4.69, 9.17) is 9.47 Å². The van der Waals surface area contributed by atoms with Crippen LogP contribution >= 0.6 is 0 Å². The van der Waals surface area contributed by atoms with Crippen molar-refractivity contribution in [1.29, 1.82) is 0 Å². The van der Waals surface area contributed by atoms with Gasteiger partial charge in [-0.05, 0) is 30.7 Å². The molecule has 0 aromatic heterocycles. The van der Waals surface area contributed by atoms with Crippen molar-refractivity contribution >= 4 is 11.6 Å². The predicted molar refractivity (Wildman–Crippen MR) is 87.9 cm³/mol. The zero-order chi connectivity index (χ0) is 16.1. The zero-order valence-corrected chi connectivity index (χ0v) is 12.9. The van der Waals surface area contributed by atoms with Crippen LogP contribution in [0.2, 0.25) is 0 Å². The Bertz CT molecular complexity index is 741. The van der Waals surface area contributed by atoms with E-state index in [9.17, 15) is 4.79 Å². The lowest BCUT2D eigenvalue weighted by Gasteiger charge is -2.18. The van der Waals surface area contributed by atoms with E-state index < -0.39 is 0 Å². The number of hydrogen-bond donors (Lipinski definition) is 1. The van der Waals surface area contributed by atoms with Crippen LogP contribution in [-0.2, 0) is 4.79 Å². The van der Waals surface area contributed by atoms with Crippen LogP contribution in [0, 0.1) is 6.92 Å². The molecule has 5 heteroatoms. The molecule has 0 unspecified atom stereocenters. The number of hydrogen-bond acceptors (Lipinski definition) is 4. The van der Waals surface area contributed by atoms with Gasteiger partial charge in [0.05, 0.1) is 12.3 Å². The molecule has 118 valence electrons. The molecule has 23 heavy (non-hydrogen) atoms. The monoisotopic (exact) mass is 310 g/mol. The number of aryl methyl sites for hydroxylation is 1. The fourth-order valence-electron chi connectivity index (χ4n) is 2.36. The van der Waals surface area contributed by atoms with Gasteiger partial charge in [-0.2, -0.15) is 5.10 Å². The van der Waals surface area contributed by atoms with Gasteiger partial charge in [-0.15, -0.1) is 0 Å². The minimum absolute atomic E-state index is 0.0697. The quantitative estimate of drug-likeness (QED) is 0.883. The van der Waals surface area contributed by atoms with Crippen LogP contribution in [-0.4, -0.2) is 24.8 Å². The summed E-state index contributed by atoms with van der Waals surface area (Å²) in [6.45, 7) is 2.43. The lowest BCUT2D eigenvalue weighted by molar-refractivity contribution is -0.123. The van der Waals surface area contributed by atoms with E-state index in [0.29, 0.717) is 18.8 Å². The van der Waals surface area contributed by atoms with E-state index in [2.05, 4.69) is 10.5 Å². The predicted octanol–water partition coefficient (Wildman–Crippen LogP) is 2.68. The first-order valence-electron chi connectivity index (χ1n) is 7.50. The first-order valence-corrected chi connectivity index (χ1v) is 7.50. The Hall–Kier alpha value is -2.82. The molecule has 1 N–H and O–H groups in total. The molecule has 0 bridgehead atoms. The standard InChI is InChI=1S/C18H18N2O3/c1-13-6-2-4-8-16(13)23-12-18(21)20-19-15-10-11-22-17-9-5-3-7-14(15)17/h2-9H,10-12H2,1H3,(H,20,21)/b19-15-. The summed E-state index contributed by atoms with van der Waals surface area (Å²) in [6.07, 6.45) is 0.663. The molecule has 5 nitrogen and oxygen atoms in total. The van der Waals surface area contributed by atoms with Crippen molar-refractivity contribution in [2.24, 2.45) is 5.10 Å². The lowest BCUT2D eigenvalue weighted by atomic mass is 10.0. The van der Waals surface area contributed by atoms with Crippen molar-refractivity contribution < 1.29 is 14.3 Å². The molecule has 2 aromatic carbocycles. The number of carbonyl (C=O) groups is 1. The molecule has 3 rings (SSSR count). The molecule has 0 fully saturated rings. The van der Waals surface area contributed by atoms with E-state index in [1.807, 2.05) is 55.5 Å². The summed E-state index contributed by atoms with van der Waals surface area (Å²) in [4.78, 5) is 11.9. The van der Waals surface area contributed by atoms with Gasteiger partial charge in [0.1, 0.15) is 11.5 Å². The molecule has 0 saturated heterocycles. The second-order valence-corrected chi connectivity index (χ2v) is 5.24. The smallest absolute Gasteiger partial charge is 0.277 e. The van der Waals surface area contributed by atoms with Crippen LogP contribution in [0.3, 0.4) is 0 Å². The third-order valence-electron chi connectivity index (χ3n) is 3.56. The molecule has 1 heterocycles. The average Bonchev–Trinajstić information content (AvgIpc) is 2.59. The molecule has 0 aliphatic carbocycles. The highest BCUT2D eigenvalue weighted by Gasteiger charge is 2.16. The van der Waals surface area contributed by atoms with E-state index in [1.54, 1.807) is 0 Å². The molecular formula is C18H18N2O3. The summed E-state index contributed by atoms with van der Waals surface area (Å²) in [5, 5.41) is 4.22. The second kappa shape index (κ2) is 6.96. The lowest BCUT2D eigenvalue weighted by Crippen LogP contribution is -2.27. The number of hydrazone groups is 1. The van der Waals surface area contributed by atoms with E-state index in [-0.39, 0.29) is 12.5 Å². The Morgan fingerprint density at radius 1 is 1.22 bits per heavy atom. The van der Waals surface area contributed by atoms with E-state index in [1.165, 1.54) is 0 Å². The molecule has 0 atom stereocenters. The van der Waals surface area contributed by atoms with Gasteiger partial charge < -0.3 is 9.47 Å². The maximum atomic E-state index is 11.9. The number of nitrogens with one attached hydrogen (secondary N) is 1. The summed E-state index contributed by atoms with van der Waals surface area (Å²) < 4.78 is 11.1. The van der Waals surface area contributed by atoms with E-state index >= 15 is 0 Å². The fourth-order valence-corrected chi connectivity index (χ4v) is 2.36. The van der Waals surface area contributed by atoms with Crippen LogP contribution < -0.4 is 14.9 Å². The average molecular weight is 310 g/mol. The maximum Gasteiger partial charge on any atom is 0.277 e. The number of benzene rings is 2. The van der Waals surface area contributed by atoms with Crippen LogP contribution in [0.1, 0.15) is 17.5 Å².